The SMILES string of the molecule is COC(=O)C(=NO)n1nc(-c2ccc(Cl)cc2)cc1C. The first-order chi connectivity index (χ1) is 9.56. The lowest BCUT2D eigenvalue weighted by atomic mass is 10.1. The van der Waals surface area contributed by atoms with Crippen LogP contribution in [0.1, 0.15) is 5.69 Å². The van der Waals surface area contributed by atoms with Gasteiger partial charge in [-0.05, 0) is 25.1 Å². The average Bonchev–Trinajstić information content (AvgIpc) is 2.82. The first-order valence-corrected chi connectivity index (χ1v) is 6.08. The topological polar surface area (TPSA) is 76.7 Å². The number of aryl methyl sites for hydroxylation is 1. The molecule has 2 rings (SSSR count). The van der Waals surface area contributed by atoms with Gasteiger partial charge in [0, 0.05) is 16.3 Å². The number of ether oxygens (including phenoxy) is 1. The van der Waals surface area contributed by atoms with Crippen LogP contribution < -0.4 is 0 Å². The standard InChI is InChI=1S/C13H12ClN3O3/c1-8-7-11(9-3-5-10(14)6-4-9)15-17(8)12(16-19)13(18)20-2/h3-7,19H,1-2H3. The van der Waals surface area contributed by atoms with Crippen LogP contribution in [0.15, 0.2) is 35.5 Å². The summed E-state index contributed by atoms with van der Waals surface area (Å²) in [6.45, 7) is 1.74. The molecule has 0 radical (unpaired) electrons. The molecule has 6 nitrogen and oxygen atoms in total. The molecule has 20 heavy (non-hydrogen) atoms. The van der Waals surface area contributed by atoms with Crippen molar-refractivity contribution in [3.05, 3.63) is 41.0 Å². The number of carbonyl (C=O) groups is 1. The lowest BCUT2D eigenvalue weighted by molar-refractivity contribution is -0.133. The Morgan fingerprint density at radius 3 is 2.60 bits per heavy atom. The molecule has 0 amide bonds. The average molecular weight is 294 g/mol. The first-order valence-electron chi connectivity index (χ1n) is 5.70. The minimum absolute atomic E-state index is 0.301. The summed E-state index contributed by atoms with van der Waals surface area (Å²) < 4.78 is 5.75. The maximum atomic E-state index is 11.5. The maximum Gasteiger partial charge on any atom is 0.379 e. The van der Waals surface area contributed by atoms with Gasteiger partial charge < -0.3 is 9.94 Å². The van der Waals surface area contributed by atoms with Gasteiger partial charge in [-0.3, -0.25) is 0 Å². The second-order valence-electron chi connectivity index (χ2n) is 4.00. The number of nitrogens with zero attached hydrogens (tertiary/aromatic N) is 3. The van der Waals surface area contributed by atoms with Crippen molar-refractivity contribution in [3.63, 3.8) is 0 Å². The van der Waals surface area contributed by atoms with Crippen LogP contribution >= 0.6 is 11.6 Å². The Morgan fingerprint density at radius 1 is 1.40 bits per heavy atom. The maximum absolute atomic E-state index is 11.5. The zero-order chi connectivity index (χ0) is 14.7. The van der Waals surface area contributed by atoms with Crippen LogP contribution in [0.2, 0.25) is 5.02 Å². The highest BCUT2D eigenvalue weighted by molar-refractivity contribution is 6.35. The summed E-state index contributed by atoms with van der Waals surface area (Å²) in [7, 11) is 1.20. The second-order valence-corrected chi connectivity index (χ2v) is 4.44. The van der Waals surface area contributed by atoms with Crippen molar-refractivity contribution in [3.8, 4) is 11.3 Å². The van der Waals surface area contributed by atoms with E-state index < -0.39 is 5.97 Å². The third-order valence-corrected chi connectivity index (χ3v) is 2.94. The fourth-order valence-corrected chi connectivity index (χ4v) is 1.84. The molecule has 0 aliphatic carbocycles. The summed E-state index contributed by atoms with van der Waals surface area (Å²) in [4.78, 5) is 11.5. The molecule has 0 saturated carbocycles. The summed E-state index contributed by atoms with van der Waals surface area (Å²) in [5.74, 6) is -1.08. The van der Waals surface area contributed by atoms with Crippen molar-refractivity contribution in [2.24, 2.45) is 5.16 Å². The van der Waals surface area contributed by atoms with Crippen LogP contribution in [0, 0.1) is 6.92 Å². The van der Waals surface area contributed by atoms with E-state index in [-0.39, 0.29) is 5.84 Å². The number of rotatable bonds is 1. The van der Waals surface area contributed by atoms with E-state index in [1.165, 1.54) is 11.8 Å². The number of aromatic nitrogens is 2. The van der Waals surface area contributed by atoms with Crippen LogP contribution in [0.5, 0.6) is 0 Å². The normalized spacial score (nSPS) is 11.4. The molecule has 104 valence electrons. The number of benzene rings is 1. The molecule has 0 aliphatic rings. The van der Waals surface area contributed by atoms with E-state index in [0.29, 0.717) is 16.4 Å². The van der Waals surface area contributed by atoms with E-state index in [9.17, 15) is 4.79 Å². The van der Waals surface area contributed by atoms with Gasteiger partial charge in [-0.25, -0.2) is 9.48 Å². The number of esters is 1. The Hall–Kier alpha value is -2.34. The van der Waals surface area contributed by atoms with Crippen molar-refractivity contribution in [1.29, 1.82) is 0 Å². The highest BCUT2D eigenvalue weighted by Crippen LogP contribution is 2.21. The summed E-state index contributed by atoms with van der Waals surface area (Å²) in [5, 5.41) is 16.7. The fraction of sp³-hybridized carbons (Fsp3) is 0.154. The highest BCUT2D eigenvalue weighted by atomic mass is 35.5. The summed E-state index contributed by atoms with van der Waals surface area (Å²) in [6, 6.07) is 8.86. The minimum Gasteiger partial charge on any atom is -0.463 e. The molecule has 0 spiro atoms. The fourth-order valence-electron chi connectivity index (χ4n) is 1.71. The molecule has 0 atom stereocenters. The number of oxime groups is 1. The number of hydrogen-bond acceptors (Lipinski definition) is 5. The largest absolute Gasteiger partial charge is 0.463 e. The van der Waals surface area contributed by atoms with Gasteiger partial charge in [0.2, 0.25) is 0 Å². The number of carbonyl (C=O) groups excluding carboxylic acids is 1. The van der Waals surface area contributed by atoms with Gasteiger partial charge in [0.15, 0.2) is 0 Å². The van der Waals surface area contributed by atoms with Crippen molar-refractivity contribution >= 4 is 23.4 Å². The predicted molar refractivity (Wildman–Crippen MR) is 74.0 cm³/mol. The minimum atomic E-state index is -0.777. The summed E-state index contributed by atoms with van der Waals surface area (Å²) in [5.41, 5.74) is 2.09. The smallest absolute Gasteiger partial charge is 0.379 e. The van der Waals surface area contributed by atoms with Gasteiger partial charge in [-0.15, -0.1) is 0 Å². The number of hydrogen-bond donors (Lipinski definition) is 1. The quantitative estimate of drug-likeness (QED) is 0.288. The molecule has 0 saturated heterocycles. The summed E-state index contributed by atoms with van der Waals surface area (Å²) >= 11 is 5.83. The molecule has 0 unspecified atom stereocenters. The van der Waals surface area contributed by atoms with Gasteiger partial charge in [0.05, 0.1) is 12.8 Å². The van der Waals surface area contributed by atoms with Crippen molar-refractivity contribution < 1.29 is 14.7 Å². The summed E-state index contributed by atoms with van der Waals surface area (Å²) in [6.07, 6.45) is 0. The molecular formula is C13H12ClN3O3. The van der Waals surface area contributed by atoms with Crippen LogP contribution in [0.4, 0.5) is 0 Å². The van der Waals surface area contributed by atoms with Gasteiger partial charge in [0.25, 0.3) is 5.84 Å². The van der Waals surface area contributed by atoms with Crippen LogP contribution in [0.25, 0.3) is 11.3 Å². The van der Waals surface area contributed by atoms with Gasteiger partial charge in [-0.1, -0.05) is 28.9 Å². The zero-order valence-corrected chi connectivity index (χ0v) is 11.6. The molecular weight excluding hydrogens is 282 g/mol. The molecule has 0 bridgehead atoms. The molecule has 0 aliphatic heterocycles. The van der Waals surface area contributed by atoms with Crippen molar-refractivity contribution in [2.75, 3.05) is 7.11 Å². The van der Waals surface area contributed by atoms with Crippen LogP contribution in [0.3, 0.4) is 0 Å². The Bertz CT molecular complexity index is 662. The Labute approximate surface area is 120 Å². The monoisotopic (exact) mass is 293 g/mol. The third-order valence-electron chi connectivity index (χ3n) is 2.69. The first kappa shape index (κ1) is 14.1. The van der Waals surface area contributed by atoms with Gasteiger partial charge in [-0.2, -0.15) is 5.10 Å². The van der Waals surface area contributed by atoms with E-state index in [2.05, 4.69) is 15.0 Å². The molecule has 0 fully saturated rings. The van der Waals surface area contributed by atoms with Crippen molar-refractivity contribution in [1.82, 2.24) is 9.78 Å². The molecule has 7 heteroatoms. The van der Waals surface area contributed by atoms with E-state index in [4.69, 9.17) is 16.8 Å². The van der Waals surface area contributed by atoms with Crippen LogP contribution in [-0.4, -0.2) is 33.9 Å². The molecule has 2 aromatic rings. The highest BCUT2D eigenvalue weighted by Gasteiger charge is 2.19. The lowest BCUT2D eigenvalue weighted by Crippen LogP contribution is -2.26. The molecule has 1 heterocycles. The second kappa shape index (κ2) is 5.75. The molecule has 1 N–H and O–H groups in total. The third kappa shape index (κ3) is 2.65. The van der Waals surface area contributed by atoms with E-state index in [1.807, 2.05) is 12.1 Å². The lowest BCUT2D eigenvalue weighted by Gasteiger charge is -2.03. The Morgan fingerprint density at radius 2 is 2.05 bits per heavy atom. The zero-order valence-electron chi connectivity index (χ0n) is 10.9. The molecule has 1 aromatic heterocycles. The number of methoxy groups -OCH3 is 1. The Balaban J connectivity index is 2.44. The van der Waals surface area contributed by atoms with Crippen LogP contribution in [-0.2, 0) is 9.53 Å². The predicted octanol–water partition coefficient (Wildman–Crippen LogP) is 2.32. The van der Waals surface area contributed by atoms with E-state index >= 15 is 0 Å². The number of halogens is 1. The van der Waals surface area contributed by atoms with Crippen molar-refractivity contribution in [2.45, 2.75) is 6.92 Å². The Kier molecular flexibility index (Phi) is 4.05. The van der Waals surface area contributed by atoms with E-state index in [1.54, 1.807) is 25.1 Å². The van der Waals surface area contributed by atoms with E-state index in [0.717, 1.165) is 5.56 Å². The van der Waals surface area contributed by atoms with Gasteiger partial charge in [0.1, 0.15) is 0 Å². The van der Waals surface area contributed by atoms with Gasteiger partial charge >= 0.3 is 5.97 Å². The molecule has 1 aromatic carbocycles.